The van der Waals surface area contributed by atoms with Crippen molar-refractivity contribution < 1.29 is 48.4 Å². The molecule has 1 aromatic heterocycles. The summed E-state index contributed by atoms with van der Waals surface area (Å²) < 4.78 is 16.5. The lowest BCUT2D eigenvalue weighted by molar-refractivity contribution is -0.134. The molecule has 16 heteroatoms. The van der Waals surface area contributed by atoms with Crippen LogP contribution in [-0.2, 0) is 33.8 Å². The number of hydrogen-bond acceptors (Lipinski definition) is 12. The number of pyridine rings is 1. The largest absolute Gasteiger partial charge is 0.493 e. The highest BCUT2D eigenvalue weighted by Gasteiger charge is 2.35. The van der Waals surface area contributed by atoms with Crippen molar-refractivity contribution in [3.05, 3.63) is 126 Å². The first-order chi connectivity index (χ1) is 29.4. The minimum absolute atomic E-state index is 0. The Hall–Kier alpha value is -5.90. The number of thioether (sulfide) groups is 1. The van der Waals surface area contributed by atoms with Crippen molar-refractivity contribution >= 4 is 58.9 Å². The smallest absolute Gasteiger partial charge is 0.328 e. The SMILES string of the molecule is CN(CCOc1ccc(CC2SC(=O)NC2=O)cc1)c1ccccn1.COc1cc2c(cc1OC)C(=O)C(CC1CCN(Cc3ccccc3)CC1)C2.Cl.O=C(O)/C=C\C(=O)O. The number of piperidine rings is 1. The second-order valence-corrected chi connectivity index (χ2v) is 15.9. The molecule has 4 aromatic rings. The van der Waals surface area contributed by atoms with Crippen LogP contribution in [0.4, 0.5) is 10.6 Å². The summed E-state index contributed by atoms with van der Waals surface area (Å²) in [6.45, 7) is 4.53. The van der Waals surface area contributed by atoms with Gasteiger partial charge in [0, 0.05) is 43.4 Å². The van der Waals surface area contributed by atoms with Gasteiger partial charge in [-0.1, -0.05) is 60.3 Å². The molecule has 1 aliphatic carbocycles. The van der Waals surface area contributed by atoms with Gasteiger partial charge in [0.05, 0.1) is 26.0 Å². The summed E-state index contributed by atoms with van der Waals surface area (Å²) in [6, 6.07) is 27.9. The Labute approximate surface area is 372 Å². The number of benzene rings is 3. The van der Waals surface area contributed by atoms with Gasteiger partial charge >= 0.3 is 11.9 Å². The van der Waals surface area contributed by atoms with E-state index >= 15 is 0 Å². The number of hydrogen-bond donors (Lipinski definition) is 3. The van der Waals surface area contributed by atoms with Gasteiger partial charge in [0.25, 0.3) is 5.24 Å². The van der Waals surface area contributed by atoms with E-state index in [1.54, 1.807) is 20.4 Å². The standard InChI is InChI=1S/C24H29NO3.C18H19N3O3S.C4H4O4.ClH/c1-27-22-14-19-13-20(24(26)21(19)15-23(22)28-2)12-17-8-10-25(11-9-17)16-18-6-4-3-5-7-18;1-21(16-4-2-3-9-19-16)10-11-24-14-7-5-13(6-8-14)12-15-17(22)20-18(23)25-15;5-3(6)1-2-4(7)8;/h3-7,14-15,17,20H,8-13,16H2,1-2H3;2-9,15H,10-12H2,1H3,(H,20,22,23);1-2H,(H,5,6)(H,7,8);1H/b;;2-1-;. The predicted octanol–water partition coefficient (Wildman–Crippen LogP) is 6.99. The molecule has 62 heavy (non-hydrogen) atoms. The molecule has 0 bridgehead atoms. The van der Waals surface area contributed by atoms with Gasteiger partial charge in [-0.2, -0.15) is 0 Å². The van der Waals surface area contributed by atoms with E-state index < -0.39 is 11.9 Å². The molecule has 3 N–H and O–H groups in total. The van der Waals surface area contributed by atoms with E-state index in [1.807, 2.05) is 66.5 Å². The first-order valence-corrected chi connectivity index (χ1v) is 20.8. The van der Waals surface area contributed by atoms with Crippen LogP contribution < -0.4 is 24.4 Å². The van der Waals surface area contributed by atoms with Crippen molar-refractivity contribution in [3.8, 4) is 17.2 Å². The number of imide groups is 1. The molecule has 14 nitrogen and oxygen atoms in total. The first kappa shape index (κ1) is 48.8. The van der Waals surface area contributed by atoms with Gasteiger partial charge in [-0.25, -0.2) is 14.6 Å². The third-order valence-electron chi connectivity index (χ3n) is 10.5. The summed E-state index contributed by atoms with van der Waals surface area (Å²) in [5, 5.41) is 17.3. The number of amides is 2. The molecular formula is C46H53ClN4O10S. The van der Waals surface area contributed by atoms with Gasteiger partial charge in [-0.05, 0) is 104 Å². The number of Topliss-reactive ketones (excluding diaryl/α,β-unsaturated/α-hetero) is 1. The lowest BCUT2D eigenvalue weighted by atomic mass is 9.85. The third kappa shape index (κ3) is 14.9. The van der Waals surface area contributed by atoms with Crippen LogP contribution in [0.15, 0.2) is 103 Å². The summed E-state index contributed by atoms with van der Waals surface area (Å²) in [4.78, 5) is 63.7. The molecule has 0 spiro atoms. The summed E-state index contributed by atoms with van der Waals surface area (Å²) in [5.74, 6) is 1.33. The molecule has 0 radical (unpaired) electrons. The minimum Gasteiger partial charge on any atom is -0.493 e. The number of methoxy groups -OCH3 is 2. The lowest BCUT2D eigenvalue weighted by Crippen LogP contribution is -2.34. The number of carboxylic acid groups (broad SMARTS) is 2. The molecule has 3 heterocycles. The van der Waals surface area contributed by atoms with Crippen LogP contribution in [0, 0.1) is 11.8 Å². The number of aliphatic carboxylic acids is 2. The maximum atomic E-state index is 12.9. The number of carboxylic acids is 2. The number of carbonyl (C=O) groups is 5. The number of nitrogens with one attached hydrogen (secondary N) is 1. The van der Waals surface area contributed by atoms with E-state index in [0.29, 0.717) is 42.6 Å². The average molecular weight is 889 g/mol. The predicted molar refractivity (Wildman–Crippen MR) is 240 cm³/mol. The Morgan fingerprint density at radius 1 is 0.887 bits per heavy atom. The van der Waals surface area contributed by atoms with Crippen molar-refractivity contribution in [2.75, 3.05) is 52.4 Å². The van der Waals surface area contributed by atoms with Crippen LogP contribution in [-0.4, -0.2) is 102 Å². The van der Waals surface area contributed by atoms with E-state index in [1.165, 1.54) is 18.4 Å². The maximum absolute atomic E-state index is 12.9. The van der Waals surface area contributed by atoms with Crippen LogP contribution in [0.3, 0.4) is 0 Å². The van der Waals surface area contributed by atoms with Gasteiger partial charge < -0.3 is 29.3 Å². The highest BCUT2D eigenvalue weighted by molar-refractivity contribution is 8.15. The van der Waals surface area contributed by atoms with Crippen molar-refractivity contribution in [2.24, 2.45) is 11.8 Å². The number of likely N-dealkylation sites (N-methyl/N-ethyl adjacent to an activating group) is 1. The molecule has 3 aromatic carbocycles. The van der Waals surface area contributed by atoms with Crippen LogP contribution in [0.1, 0.15) is 46.3 Å². The van der Waals surface area contributed by atoms with Crippen molar-refractivity contribution in [3.63, 3.8) is 0 Å². The first-order valence-electron chi connectivity index (χ1n) is 20.0. The molecule has 2 fully saturated rings. The lowest BCUT2D eigenvalue weighted by Gasteiger charge is -2.32. The molecular weight excluding hydrogens is 836 g/mol. The Balaban J connectivity index is 0.000000230. The molecule has 0 saturated carbocycles. The highest BCUT2D eigenvalue weighted by atomic mass is 35.5. The second kappa shape index (κ2) is 24.5. The van der Waals surface area contributed by atoms with Gasteiger partial charge in [0.1, 0.15) is 18.2 Å². The van der Waals surface area contributed by atoms with Crippen molar-refractivity contribution in [2.45, 2.75) is 43.9 Å². The van der Waals surface area contributed by atoms with Crippen LogP contribution in [0.2, 0.25) is 0 Å². The Bertz CT molecular complexity index is 2120. The number of nitrogens with zero attached hydrogens (tertiary/aromatic N) is 3. The molecule has 2 saturated heterocycles. The average Bonchev–Trinajstić information content (AvgIpc) is 3.75. The summed E-state index contributed by atoms with van der Waals surface area (Å²) in [7, 11) is 5.23. The van der Waals surface area contributed by atoms with Gasteiger partial charge in [0.15, 0.2) is 17.3 Å². The molecule has 2 atom stereocenters. The number of carbonyl (C=O) groups excluding carboxylic acids is 3. The quantitative estimate of drug-likeness (QED) is 0.104. The van der Waals surface area contributed by atoms with E-state index in [0.717, 1.165) is 79.0 Å². The van der Waals surface area contributed by atoms with Gasteiger partial charge in [-0.15, -0.1) is 12.4 Å². The van der Waals surface area contributed by atoms with E-state index in [2.05, 4.69) is 45.5 Å². The zero-order valence-corrected chi connectivity index (χ0v) is 36.6. The van der Waals surface area contributed by atoms with E-state index in [9.17, 15) is 24.0 Å². The van der Waals surface area contributed by atoms with E-state index in [4.69, 9.17) is 24.4 Å². The minimum atomic E-state index is -1.26. The normalized spacial score (nSPS) is 17.0. The molecule has 2 unspecified atom stereocenters. The Morgan fingerprint density at radius 2 is 1.53 bits per heavy atom. The number of anilines is 1. The zero-order chi connectivity index (χ0) is 43.7. The number of halogens is 1. The fraction of sp³-hybridized carbons (Fsp3) is 0.348. The van der Waals surface area contributed by atoms with E-state index in [-0.39, 0.29) is 40.5 Å². The van der Waals surface area contributed by atoms with Crippen LogP contribution in [0.25, 0.3) is 0 Å². The number of fused-ring (bicyclic) bond motifs is 1. The third-order valence-corrected chi connectivity index (χ3v) is 11.5. The van der Waals surface area contributed by atoms with Gasteiger partial charge in [-0.3, -0.25) is 24.6 Å². The van der Waals surface area contributed by atoms with Crippen molar-refractivity contribution in [1.82, 2.24) is 15.2 Å². The number of likely N-dealkylation sites (tertiary alicyclic amines) is 1. The zero-order valence-electron chi connectivity index (χ0n) is 34.9. The number of aromatic nitrogens is 1. The fourth-order valence-corrected chi connectivity index (χ4v) is 8.17. The van der Waals surface area contributed by atoms with Crippen LogP contribution >= 0.6 is 24.2 Å². The molecule has 3 aliphatic rings. The summed E-state index contributed by atoms with van der Waals surface area (Å²) >= 11 is 1.05. The number of ketones is 1. The Morgan fingerprint density at radius 3 is 2.11 bits per heavy atom. The van der Waals surface area contributed by atoms with Crippen molar-refractivity contribution in [1.29, 1.82) is 0 Å². The fourth-order valence-electron chi connectivity index (χ4n) is 7.31. The molecule has 7 rings (SSSR count). The molecule has 2 amide bonds. The van der Waals surface area contributed by atoms with Crippen LogP contribution in [0.5, 0.6) is 17.2 Å². The number of rotatable bonds is 15. The monoisotopic (exact) mass is 888 g/mol. The Kier molecular flexibility index (Phi) is 19.3. The maximum Gasteiger partial charge on any atom is 0.328 e. The molecule has 2 aliphatic heterocycles. The highest BCUT2D eigenvalue weighted by Crippen LogP contribution is 2.39. The summed E-state index contributed by atoms with van der Waals surface area (Å²) in [5.41, 5.74) is 4.31. The second-order valence-electron chi connectivity index (χ2n) is 14.8. The van der Waals surface area contributed by atoms with Gasteiger partial charge in [0.2, 0.25) is 5.91 Å². The number of ether oxygens (including phenoxy) is 3. The summed E-state index contributed by atoms with van der Waals surface area (Å²) in [6.07, 6.45) is 7.60. The topological polar surface area (TPSA) is 185 Å². The molecule has 330 valence electrons.